The van der Waals surface area contributed by atoms with Crippen molar-refractivity contribution in [1.29, 1.82) is 0 Å². The maximum Gasteiger partial charge on any atom is 0.408 e. The van der Waals surface area contributed by atoms with Crippen LogP contribution in [0.15, 0.2) is 30.9 Å². The summed E-state index contributed by atoms with van der Waals surface area (Å²) in [5.74, 6) is -0.372. The Labute approximate surface area is 179 Å². The van der Waals surface area contributed by atoms with Crippen molar-refractivity contribution in [2.24, 2.45) is 0 Å². The van der Waals surface area contributed by atoms with Gasteiger partial charge in [0.2, 0.25) is 0 Å². The van der Waals surface area contributed by atoms with E-state index in [0.29, 0.717) is 5.69 Å². The third kappa shape index (κ3) is 7.15. The van der Waals surface area contributed by atoms with Crippen LogP contribution in [0.1, 0.15) is 38.8 Å². The summed E-state index contributed by atoms with van der Waals surface area (Å²) in [6.07, 6.45) is 2.85. The lowest BCUT2D eigenvalue weighted by Crippen LogP contribution is -2.58. The van der Waals surface area contributed by atoms with Gasteiger partial charge in [0.25, 0.3) is 5.91 Å². The van der Waals surface area contributed by atoms with Crippen molar-refractivity contribution < 1.29 is 19.1 Å². The van der Waals surface area contributed by atoms with Gasteiger partial charge in [-0.2, -0.15) is 0 Å². The van der Waals surface area contributed by atoms with Gasteiger partial charge in [0.15, 0.2) is 0 Å². The van der Waals surface area contributed by atoms with Gasteiger partial charge in [0.05, 0.1) is 13.2 Å². The Morgan fingerprint density at radius 2 is 1.83 bits per heavy atom. The van der Waals surface area contributed by atoms with Gasteiger partial charge in [-0.1, -0.05) is 12.1 Å². The Morgan fingerprint density at radius 1 is 1.17 bits per heavy atom. The molecular formula is C23H35N3O4. The maximum atomic E-state index is 13.1. The summed E-state index contributed by atoms with van der Waals surface area (Å²) in [6, 6.07) is 5.99. The molecule has 0 saturated heterocycles. The van der Waals surface area contributed by atoms with E-state index in [-0.39, 0.29) is 19.1 Å². The molecule has 166 valence electrons. The molecule has 1 aliphatic rings. The summed E-state index contributed by atoms with van der Waals surface area (Å²) in [5, 5.41) is 5.60. The lowest BCUT2D eigenvalue weighted by Gasteiger charge is -2.30. The van der Waals surface area contributed by atoms with Crippen LogP contribution in [0.5, 0.6) is 0 Å². The summed E-state index contributed by atoms with van der Waals surface area (Å²) in [5.41, 5.74) is 1.26. The number of hydrogen-bond donors (Lipinski definition) is 2. The fraction of sp³-hybridized carbons (Fsp3) is 0.565. The second-order valence-electron chi connectivity index (χ2n) is 9.00. The number of amides is 2. The SMILES string of the molecule is C=CCOC[C@@](C)(NC(=O)OC(C)(C)C)C(=O)Nc1ccc2c(c1)CCN(C)CC2. The van der Waals surface area contributed by atoms with Crippen LogP contribution < -0.4 is 10.6 Å². The number of nitrogens with one attached hydrogen (secondary N) is 2. The molecule has 0 saturated carbocycles. The third-order valence-corrected chi connectivity index (χ3v) is 4.89. The Kier molecular flexibility index (Phi) is 8.03. The van der Waals surface area contributed by atoms with Gasteiger partial charge in [-0.3, -0.25) is 4.79 Å². The largest absolute Gasteiger partial charge is 0.444 e. The Balaban J connectivity index is 2.15. The molecule has 2 N–H and O–H groups in total. The fourth-order valence-electron chi connectivity index (χ4n) is 3.22. The van der Waals surface area contributed by atoms with Crippen molar-refractivity contribution in [1.82, 2.24) is 10.2 Å². The zero-order chi connectivity index (χ0) is 22.4. The highest BCUT2D eigenvalue weighted by Gasteiger charge is 2.37. The van der Waals surface area contributed by atoms with Gasteiger partial charge >= 0.3 is 6.09 Å². The quantitative estimate of drug-likeness (QED) is 0.526. The molecule has 2 rings (SSSR count). The molecule has 1 aromatic rings. The standard InChI is InChI=1S/C23H35N3O4/c1-7-14-29-16-23(5,25-21(28)30-22(2,3)4)20(27)24-19-9-8-17-10-12-26(6)13-11-18(17)15-19/h7-9,15H,1,10-14,16H2,2-6H3,(H,24,27)(H,25,28)/t23-/m1/s1. The highest BCUT2D eigenvalue weighted by molar-refractivity contribution is 6.00. The number of nitrogens with zero attached hydrogens (tertiary/aromatic N) is 1. The first kappa shape index (κ1) is 23.9. The van der Waals surface area contributed by atoms with Crippen molar-refractivity contribution in [2.45, 2.75) is 51.7 Å². The minimum Gasteiger partial charge on any atom is -0.444 e. The molecule has 7 heteroatoms. The lowest BCUT2D eigenvalue weighted by atomic mass is 10.0. The highest BCUT2D eigenvalue weighted by atomic mass is 16.6. The molecule has 0 fully saturated rings. The van der Waals surface area contributed by atoms with E-state index >= 15 is 0 Å². The second-order valence-corrected chi connectivity index (χ2v) is 9.00. The van der Waals surface area contributed by atoms with Gasteiger partial charge < -0.3 is 25.0 Å². The van der Waals surface area contributed by atoms with Crippen molar-refractivity contribution in [3.63, 3.8) is 0 Å². The fourth-order valence-corrected chi connectivity index (χ4v) is 3.22. The molecule has 0 aliphatic carbocycles. The summed E-state index contributed by atoms with van der Waals surface area (Å²) in [7, 11) is 2.12. The van der Waals surface area contributed by atoms with Crippen LogP contribution in [0, 0.1) is 0 Å². The number of rotatable bonds is 7. The third-order valence-electron chi connectivity index (χ3n) is 4.89. The Bertz CT molecular complexity index is 772. The zero-order valence-corrected chi connectivity index (χ0v) is 18.8. The average molecular weight is 418 g/mol. The number of carbonyl (C=O) groups is 2. The van der Waals surface area contributed by atoms with Gasteiger partial charge in [0, 0.05) is 18.8 Å². The van der Waals surface area contributed by atoms with Crippen molar-refractivity contribution in [3.8, 4) is 0 Å². The summed E-state index contributed by atoms with van der Waals surface area (Å²) in [6.45, 7) is 12.8. The van der Waals surface area contributed by atoms with Gasteiger partial charge in [0.1, 0.15) is 11.1 Å². The number of alkyl carbamates (subject to hydrolysis) is 1. The van der Waals surface area contributed by atoms with Crippen LogP contribution in [0.2, 0.25) is 0 Å². The molecule has 2 amide bonds. The number of ether oxygens (including phenoxy) is 2. The first-order valence-electron chi connectivity index (χ1n) is 10.3. The topological polar surface area (TPSA) is 79.9 Å². The molecule has 0 unspecified atom stereocenters. The molecule has 0 spiro atoms. The highest BCUT2D eigenvalue weighted by Crippen LogP contribution is 2.21. The molecule has 1 atom stereocenters. The normalized spacial score (nSPS) is 16.6. The van der Waals surface area contributed by atoms with Gasteiger partial charge in [-0.15, -0.1) is 6.58 Å². The van der Waals surface area contributed by atoms with E-state index in [1.807, 2.05) is 12.1 Å². The number of anilines is 1. The number of hydrogen-bond acceptors (Lipinski definition) is 5. The number of fused-ring (bicyclic) bond motifs is 1. The van der Waals surface area contributed by atoms with Crippen molar-refractivity contribution >= 4 is 17.7 Å². The average Bonchev–Trinajstić information content (AvgIpc) is 2.82. The molecular weight excluding hydrogens is 382 g/mol. The molecule has 0 aromatic heterocycles. The van der Waals surface area contributed by atoms with Crippen LogP contribution in [0.3, 0.4) is 0 Å². The molecule has 1 aliphatic heterocycles. The summed E-state index contributed by atoms with van der Waals surface area (Å²) in [4.78, 5) is 27.8. The van der Waals surface area contributed by atoms with Crippen LogP contribution >= 0.6 is 0 Å². The molecule has 0 bridgehead atoms. The molecule has 1 heterocycles. The second kappa shape index (κ2) is 10.1. The van der Waals surface area contributed by atoms with E-state index in [9.17, 15) is 9.59 Å². The van der Waals surface area contributed by atoms with E-state index in [2.05, 4.69) is 35.2 Å². The van der Waals surface area contributed by atoms with Gasteiger partial charge in [-0.05, 0) is 70.8 Å². The number of likely N-dealkylation sites (N-methyl/N-ethyl adjacent to an activating group) is 1. The zero-order valence-electron chi connectivity index (χ0n) is 18.8. The smallest absolute Gasteiger partial charge is 0.408 e. The summed E-state index contributed by atoms with van der Waals surface area (Å²) >= 11 is 0. The van der Waals surface area contributed by atoms with E-state index in [4.69, 9.17) is 9.47 Å². The van der Waals surface area contributed by atoms with Gasteiger partial charge in [-0.25, -0.2) is 4.79 Å². The molecule has 7 nitrogen and oxygen atoms in total. The minimum absolute atomic E-state index is 0.0141. The van der Waals surface area contributed by atoms with E-state index in [1.165, 1.54) is 11.1 Å². The van der Waals surface area contributed by atoms with Crippen molar-refractivity contribution in [3.05, 3.63) is 42.0 Å². The monoisotopic (exact) mass is 417 g/mol. The van der Waals surface area contributed by atoms with E-state index in [0.717, 1.165) is 25.9 Å². The van der Waals surface area contributed by atoms with Crippen LogP contribution in [0.4, 0.5) is 10.5 Å². The van der Waals surface area contributed by atoms with Crippen molar-refractivity contribution in [2.75, 3.05) is 38.7 Å². The Hall–Kier alpha value is -2.38. The predicted octanol–water partition coefficient (Wildman–Crippen LogP) is 3.14. The number of carbonyl (C=O) groups excluding carboxylic acids is 2. The molecule has 0 radical (unpaired) electrons. The lowest BCUT2D eigenvalue weighted by molar-refractivity contribution is -0.124. The maximum absolute atomic E-state index is 13.1. The number of benzene rings is 1. The van der Waals surface area contributed by atoms with E-state index < -0.39 is 17.2 Å². The molecule has 30 heavy (non-hydrogen) atoms. The molecule has 1 aromatic carbocycles. The van der Waals surface area contributed by atoms with Crippen LogP contribution in [-0.2, 0) is 27.1 Å². The predicted molar refractivity (Wildman–Crippen MR) is 119 cm³/mol. The van der Waals surface area contributed by atoms with Crippen LogP contribution in [-0.4, -0.2) is 61.4 Å². The summed E-state index contributed by atoms with van der Waals surface area (Å²) < 4.78 is 10.8. The Morgan fingerprint density at radius 3 is 2.47 bits per heavy atom. The van der Waals surface area contributed by atoms with Crippen LogP contribution in [0.25, 0.3) is 0 Å². The first-order valence-corrected chi connectivity index (χ1v) is 10.3. The first-order chi connectivity index (χ1) is 14.0. The minimum atomic E-state index is -1.31. The van der Waals surface area contributed by atoms with E-state index in [1.54, 1.807) is 33.8 Å².